The molecule has 0 aliphatic rings. The van der Waals surface area contributed by atoms with E-state index in [1.54, 1.807) is 18.2 Å². The van der Waals surface area contributed by atoms with Crippen LogP contribution in [0.2, 0.25) is 0 Å². The lowest BCUT2D eigenvalue weighted by atomic mass is 10.1. The molecule has 0 spiro atoms. The van der Waals surface area contributed by atoms with Gasteiger partial charge in [0.15, 0.2) is 0 Å². The van der Waals surface area contributed by atoms with Crippen LogP contribution in [-0.2, 0) is 0 Å². The molecule has 7 nitrogen and oxygen atoms in total. The van der Waals surface area contributed by atoms with E-state index in [-0.39, 0.29) is 11.4 Å². The summed E-state index contributed by atoms with van der Waals surface area (Å²) in [5, 5.41) is 13.6. The van der Waals surface area contributed by atoms with Crippen molar-refractivity contribution < 1.29 is 19.2 Å². The molecule has 0 heterocycles. The highest BCUT2D eigenvalue weighted by atomic mass is 79.9. The lowest BCUT2D eigenvalue weighted by Crippen LogP contribution is -2.15. The van der Waals surface area contributed by atoms with Gasteiger partial charge in [0.05, 0.1) is 29.9 Å². The molecule has 26 heavy (non-hydrogen) atoms. The second-order valence-electron chi connectivity index (χ2n) is 5.94. The number of hydrogen-bond donors (Lipinski definition) is 1. The van der Waals surface area contributed by atoms with Crippen LogP contribution in [0.1, 0.15) is 24.2 Å². The summed E-state index contributed by atoms with van der Waals surface area (Å²) in [6.45, 7) is 4.47. The Bertz CT molecular complexity index is 823. The van der Waals surface area contributed by atoms with E-state index in [1.165, 1.54) is 25.3 Å². The average molecular weight is 423 g/mol. The second-order valence-corrected chi connectivity index (χ2v) is 6.86. The summed E-state index contributed by atoms with van der Waals surface area (Å²) in [7, 11) is 1.42. The SMILES string of the molecule is COc1ccc([N+](=O)[O-])cc1NC(=O)c1cc(Br)ccc1OCC(C)C. The number of non-ortho nitro benzene ring substituents is 1. The number of carbonyl (C=O) groups is 1. The van der Waals surface area contributed by atoms with Crippen LogP contribution in [0.3, 0.4) is 0 Å². The molecular formula is C18H19BrN2O5. The van der Waals surface area contributed by atoms with E-state index >= 15 is 0 Å². The zero-order valence-electron chi connectivity index (χ0n) is 14.6. The minimum Gasteiger partial charge on any atom is -0.495 e. The van der Waals surface area contributed by atoms with Crippen LogP contribution in [0.15, 0.2) is 40.9 Å². The van der Waals surface area contributed by atoms with Gasteiger partial charge in [-0.25, -0.2) is 0 Å². The topological polar surface area (TPSA) is 90.7 Å². The molecule has 2 aromatic carbocycles. The monoisotopic (exact) mass is 422 g/mol. The first-order valence-corrected chi connectivity index (χ1v) is 8.67. The quantitative estimate of drug-likeness (QED) is 0.517. The molecule has 0 aliphatic carbocycles. The number of anilines is 1. The van der Waals surface area contributed by atoms with Crippen molar-refractivity contribution in [3.63, 3.8) is 0 Å². The molecule has 1 amide bonds. The number of halogens is 1. The summed E-state index contributed by atoms with van der Waals surface area (Å²) in [6.07, 6.45) is 0. The molecule has 2 aromatic rings. The van der Waals surface area contributed by atoms with Crippen LogP contribution < -0.4 is 14.8 Å². The molecule has 0 aliphatic heterocycles. The molecule has 0 aromatic heterocycles. The normalized spacial score (nSPS) is 10.5. The van der Waals surface area contributed by atoms with Gasteiger partial charge in [-0.3, -0.25) is 14.9 Å². The minimum absolute atomic E-state index is 0.147. The molecule has 0 saturated heterocycles. The Morgan fingerprint density at radius 2 is 1.92 bits per heavy atom. The second kappa shape index (κ2) is 8.66. The number of carbonyl (C=O) groups excluding carboxylic acids is 1. The molecule has 0 radical (unpaired) electrons. The van der Waals surface area contributed by atoms with E-state index in [2.05, 4.69) is 21.2 Å². The van der Waals surface area contributed by atoms with Crippen LogP contribution in [0, 0.1) is 16.0 Å². The number of methoxy groups -OCH3 is 1. The summed E-state index contributed by atoms with van der Waals surface area (Å²) in [5.74, 6) is 0.600. The minimum atomic E-state index is -0.536. The highest BCUT2D eigenvalue weighted by Gasteiger charge is 2.18. The van der Waals surface area contributed by atoms with Crippen molar-refractivity contribution in [3.05, 3.63) is 56.5 Å². The Hall–Kier alpha value is -2.61. The first-order chi connectivity index (χ1) is 12.3. The third-order valence-corrected chi connectivity index (χ3v) is 3.89. The standard InChI is InChI=1S/C18H19BrN2O5/c1-11(2)10-26-16-6-4-12(19)8-14(16)18(22)20-15-9-13(21(23)24)5-7-17(15)25-3/h4-9,11H,10H2,1-3H3,(H,20,22). The fraction of sp³-hybridized carbons (Fsp3) is 0.278. The number of ether oxygens (including phenoxy) is 2. The Morgan fingerprint density at radius 3 is 2.54 bits per heavy atom. The van der Waals surface area contributed by atoms with Crippen LogP contribution >= 0.6 is 15.9 Å². The summed E-state index contributed by atoms with van der Waals surface area (Å²) in [5.41, 5.74) is 0.377. The number of amides is 1. The van der Waals surface area contributed by atoms with Crippen molar-refractivity contribution >= 4 is 33.2 Å². The molecule has 1 N–H and O–H groups in total. The first-order valence-electron chi connectivity index (χ1n) is 7.88. The van der Waals surface area contributed by atoms with Crippen LogP contribution in [0.4, 0.5) is 11.4 Å². The maximum atomic E-state index is 12.7. The van der Waals surface area contributed by atoms with Gasteiger partial charge in [-0.05, 0) is 30.2 Å². The first kappa shape index (κ1) is 19.7. The number of benzene rings is 2. The van der Waals surface area contributed by atoms with Gasteiger partial charge >= 0.3 is 0 Å². The Balaban J connectivity index is 2.34. The maximum absolute atomic E-state index is 12.7. The van der Waals surface area contributed by atoms with Gasteiger partial charge in [0.1, 0.15) is 11.5 Å². The maximum Gasteiger partial charge on any atom is 0.271 e. The van der Waals surface area contributed by atoms with Crippen LogP contribution in [-0.4, -0.2) is 24.5 Å². The fourth-order valence-electron chi connectivity index (χ4n) is 2.16. The summed E-state index contributed by atoms with van der Waals surface area (Å²) < 4.78 is 11.6. The zero-order chi connectivity index (χ0) is 19.3. The smallest absolute Gasteiger partial charge is 0.271 e. The highest BCUT2D eigenvalue weighted by Crippen LogP contribution is 2.31. The van der Waals surface area contributed by atoms with E-state index in [0.717, 1.165) is 0 Å². The molecule has 0 saturated carbocycles. The van der Waals surface area contributed by atoms with Crippen molar-refractivity contribution in [2.75, 3.05) is 19.0 Å². The summed E-state index contributed by atoms with van der Waals surface area (Å²) >= 11 is 3.34. The molecule has 0 bridgehead atoms. The largest absolute Gasteiger partial charge is 0.495 e. The van der Waals surface area contributed by atoms with Gasteiger partial charge < -0.3 is 14.8 Å². The van der Waals surface area contributed by atoms with Crippen molar-refractivity contribution in [1.29, 1.82) is 0 Å². The van der Waals surface area contributed by atoms with Gasteiger partial charge in [0.2, 0.25) is 0 Å². The third kappa shape index (κ3) is 4.95. The van der Waals surface area contributed by atoms with Crippen molar-refractivity contribution in [2.45, 2.75) is 13.8 Å². The van der Waals surface area contributed by atoms with Crippen molar-refractivity contribution in [2.24, 2.45) is 5.92 Å². The molecule has 0 fully saturated rings. The molecule has 0 atom stereocenters. The Labute approximate surface area is 159 Å². The van der Waals surface area contributed by atoms with E-state index in [4.69, 9.17) is 9.47 Å². The Kier molecular flexibility index (Phi) is 6.57. The highest BCUT2D eigenvalue weighted by molar-refractivity contribution is 9.10. The molecular weight excluding hydrogens is 404 g/mol. The lowest BCUT2D eigenvalue weighted by molar-refractivity contribution is -0.384. The summed E-state index contributed by atoms with van der Waals surface area (Å²) in [4.78, 5) is 23.2. The number of hydrogen-bond acceptors (Lipinski definition) is 5. The number of rotatable bonds is 7. The van der Waals surface area contributed by atoms with Gasteiger partial charge in [-0.2, -0.15) is 0 Å². The van der Waals surface area contributed by atoms with E-state index in [0.29, 0.717) is 34.1 Å². The van der Waals surface area contributed by atoms with Crippen molar-refractivity contribution in [3.8, 4) is 11.5 Å². The molecule has 2 rings (SSSR count). The fourth-order valence-corrected chi connectivity index (χ4v) is 2.52. The van der Waals surface area contributed by atoms with Gasteiger partial charge in [-0.15, -0.1) is 0 Å². The van der Waals surface area contributed by atoms with Gasteiger partial charge in [0, 0.05) is 16.6 Å². The summed E-state index contributed by atoms with van der Waals surface area (Å²) in [6, 6.07) is 9.11. The Morgan fingerprint density at radius 1 is 1.23 bits per heavy atom. The molecule has 8 heteroatoms. The third-order valence-electron chi connectivity index (χ3n) is 3.40. The van der Waals surface area contributed by atoms with E-state index in [9.17, 15) is 14.9 Å². The lowest BCUT2D eigenvalue weighted by Gasteiger charge is -2.15. The van der Waals surface area contributed by atoms with Crippen LogP contribution in [0.5, 0.6) is 11.5 Å². The average Bonchev–Trinajstić information content (AvgIpc) is 2.60. The molecule has 0 unspecified atom stereocenters. The van der Waals surface area contributed by atoms with Gasteiger partial charge in [0.25, 0.3) is 11.6 Å². The van der Waals surface area contributed by atoms with Crippen molar-refractivity contribution in [1.82, 2.24) is 0 Å². The molecule has 138 valence electrons. The number of nitrogens with one attached hydrogen (secondary N) is 1. The van der Waals surface area contributed by atoms with E-state index in [1.807, 2.05) is 13.8 Å². The number of nitro groups is 1. The van der Waals surface area contributed by atoms with Crippen LogP contribution in [0.25, 0.3) is 0 Å². The predicted octanol–water partition coefficient (Wildman–Crippen LogP) is 4.65. The zero-order valence-corrected chi connectivity index (χ0v) is 16.2. The number of nitro benzene ring substituents is 1. The van der Waals surface area contributed by atoms with Gasteiger partial charge in [-0.1, -0.05) is 29.8 Å². The number of nitrogens with zero attached hydrogens (tertiary/aromatic N) is 1. The predicted molar refractivity (Wildman–Crippen MR) is 102 cm³/mol. The van der Waals surface area contributed by atoms with E-state index < -0.39 is 10.8 Å².